The Morgan fingerprint density at radius 3 is 2.34 bits per heavy atom. The number of methoxy groups -OCH3 is 1. The molecule has 8 nitrogen and oxygen atoms in total. The Hall–Kier alpha value is -4.72. The SMILES string of the molecule is COc1cccc(C(=O)Cn2cnc3c2c(=O)n(Cc2ccccc2)c(=O)n3-c2ccccc2)c1. The standard InChI is InChI=1S/C27H22N4O4/c1-35-22-14-8-11-20(15-22)23(32)17-29-18-28-25-24(29)26(33)30(16-19-9-4-2-5-10-19)27(34)31(25)21-12-6-3-7-13-21/h2-15,18H,16-17H2,1H3. The zero-order chi connectivity index (χ0) is 24.4. The molecular formula is C27H22N4O4. The third-order valence-electron chi connectivity index (χ3n) is 5.80. The minimum Gasteiger partial charge on any atom is -0.497 e. The summed E-state index contributed by atoms with van der Waals surface area (Å²) in [6.45, 7) is -0.0203. The van der Waals surface area contributed by atoms with Crippen molar-refractivity contribution < 1.29 is 9.53 Å². The molecule has 0 amide bonds. The maximum atomic E-state index is 13.6. The van der Waals surface area contributed by atoms with E-state index in [9.17, 15) is 14.4 Å². The number of carbonyl (C=O) groups is 1. The van der Waals surface area contributed by atoms with Gasteiger partial charge < -0.3 is 9.30 Å². The molecule has 0 aliphatic rings. The molecule has 0 saturated carbocycles. The number of ketones is 1. The van der Waals surface area contributed by atoms with Crippen molar-refractivity contribution in [3.63, 3.8) is 0 Å². The Balaban J connectivity index is 1.68. The Morgan fingerprint density at radius 2 is 1.63 bits per heavy atom. The minimum atomic E-state index is -0.503. The molecule has 3 aromatic carbocycles. The lowest BCUT2D eigenvalue weighted by Crippen LogP contribution is -2.40. The van der Waals surface area contributed by atoms with E-state index < -0.39 is 11.2 Å². The van der Waals surface area contributed by atoms with E-state index in [0.29, 0.717) is 17.0 Å². The number of imidazole rings is 1. The predicted octanol–water partition coefficient (Wildman–Crippen LogP) is 3.29. The summed E-state index contributed by atoms with van der Waals surface area (Å²) in [6, 6.07) is 25.1. The van der Waals surface area contributed by atoms with Gasteiger partial charge in [-0.1, -0.05) is 60.7 Å². The van der Waals surface area contributed by atoms with Crippen molar-refractivity contribution in [3.8, 4) is 11.4 Å². The lowest BCUT2D eigenvalue weighted by molar-refractivity contribution is 0.0973. The number of Topliss-reactive ketones (excluding diaryl/α,β-unsaturated/α-hetero) is 1. The summed E-state index contributed by atoms with van der Waals surface area (Å²) >= 11 is 0. The van der Waals surface area contributed by atoms with Crippen LogP contribution < -0.4 is 16.0 Å². The average molecular weight is 466 g/mol. The molecule has 8 heteroatoms. The van der Waals surface area contributed by atoms with Crippen molar-refractivity contribution in [2.45, 2.75) is 13.1 Å². The van der Waals surface area contributed by atoms with Crippen LogP contribution in [0.1, 0.15) is 15.9 Å². The number of rotatable bonds is 7. The van der Waals surface area contributed by atoms with Gasteiger partial charge in [-0.25, -0.2) is 14.3 Å². The molecule has 0 radical (unpaired) electrons. The Morgan fingerprint density at radius 1 is 0.914 bits per heavy atom. The van der Waals surface area contributed by atoms with Gasteiger partial charge >= 0.3 is 5.69 Å². The van der Waals surface area contributed by atoms with Gasteiger partial charge in [0.15, 0.2) is 16.9 Å². The van der Waals surface area contributed by atoms with Crippen LogP contribution >= 0.6 is 0 Å². The summed E-state index contributed by atoms with van der Waals surface area (Å²) < 4.78 is 9.31. The predicted molar refractivity (Wildman–Crippen MR) is 132 cm³/mol. The van der Waals surface area contributed by atoms with Crippen LogP contribution in [0.15, 0.2) is 101 Å². The third kappa shape index (κ3) is 4.17. The highest BCUT2D eigenvalue weighted by Crippen LogP contribution is 2.16. The van der Waals surface area contributed by atoms with Crippen molar-refractivity contribution in [2.24, 2.45) is 0 Å². The topological polar surface area (TPSA) is 88.1 Å². The second kappa shape index (κ2) is 9.26. The molecule has 0 atom stereocenters. The third-order valence-corrected chi connectivity index (χ3v) is 5.80. The summed E-state index contributed by atoms with van der Waals surface area (Å²) in [7, 11) is 1.53. The number of carbonyl (C=O) groups excluding carboxylic acids is 1. The average Bonchev–Trinajstić information content (AvgIpc) is 3.31. The molecule has 2 heterocycles. The number of benzene rings is 3. The van der Waals surface area contributed by atoms with Gasteiger partial charge in [0.05, 0.1) is 32.2 Å². The maximum absolute atomic E-state index is 13.6. The van der Waals surface area contributed by atoms with E-state index in [2.05, 4.69) is 4.98 Å². The van der Waals surface area contributed by atoms with E-state index in [4.69, 9.17) is 4.74 Å². The summed E-state index contributed by atoms with van der Waals surface area (Å²) in [4.78, 5) is 44.6. The van der Waals surface area contributed by atoms with E-state index in [-0.39, 0.29) is 30.0 Å². The van der Waals surface area contributed by atoms with Crippen LogP contribution in [0.25, 0.3) is 16.9 Å². The van der Waals surface area contributed by atoms with E-state index in [0.717, 1.165) is 5.56 Å². The van der Waals surface area contributed by atoms with Crippen molar-refractivity contribution in [1.82, 2.24) is 18.7 Å². The molecule has 0 spiro atoms. The maximum Gasteiger partial charge on any atom is 0.337 e. The fourth-order valence-electron chi connectivity index (χ4n) is 4.06. The molecule has 0 saturated heterocycles. The van der Waals surface area contributed by atoms with Gasteiger partial charge in [-0.3, -0.25) is 14.2 Å². The number of para-hydroxylation sites is 1. The molecule has 0 unspecified atom stereocenters. The number of hydrogen-bond donors (Lipinski definition) is 0. The smallest absolute Gasteiger partial charge is 0.337 e. The molecule has 0 N–H and O–H groups in total. The Labute approximate surface area is 200 Å². The van der Waals surface area contributed by atoms with Crippen molar-refractivity contribution in [1.29, 1.82) is 0 Å². The zero-order valence-electron chi connectivity index (χ0n) is 19.0. The first kappa shape index (κ1) is 22.1. The highest BCUT2D eigenvalue weighted by molar-refractivity contribution is 5.96. The van der Waals surface area contributed by atoms with Gasteiger partial charge in [0.1, 0.15) is 5.75 Å². The summed E-state index contributed by atoms with van der Waals surface area (Å²) in [5.74, 6) is 0.351. The van der Waals surface area contributed by atoms with Crippen molar-refractivity contribution in [3.05, 3.63) is 123 Å². The van der Waals surface area contributed by atoms with Crippen LogP contribution in [0.4, 0.5) is 0 Å². The molecule has 174 valence electrons. The molecule has 2 aromatic heterocycles. The van der Waals surface area contributed by atoms with Crippen molar-refractivity contribution in [2.75, 3.05) is 7.11 Å². The van der Waals surface area contributed by atoms with E-state index in [1.165, 1.54) is 27.1 Å². The number of hydrogen-bond acceptors (Lipinski definition) is 5. The molecule has 0 aliphatic heterocycles. The van der Waals surface area contributed by atoms with Crippen LogP contribution in [-0.4, -0.2) is 31.6 Å². The first-order valence-corrected chi connectivity index (χ1v) is 11.0. The molecule has 5 rings (SSSR count). The summed E-state index contributed by atoms with van der Waals surface area (Å²) in [5, 5.41) is 0. The fraction of sp³-hybridized carbons (Fsp3) is 0.111. The fourth-order valence-corrected chi connectivity index (χ4v) is 4.06. The van der Waals surface area contributed by atoms with Crippen LogP contribution in [-0.2, 0) is 13.1 Å². The lowest BCUT2D eigenvalue weighted by atomic mass is 10.1. The first-order chi connectivity index (χ1) is 17.1. The van der Waals surface area contributed by atoms with E-state index in [1.807, 2.05) is 48.5 Å². The molecule has 35 heavy (non-hydrogen) atoms. The van der Waals surface area contributed by atoms with E-state index >= 15 is 0 Å². The minimum absolute atomic E-state index is 0.0935. The number of aromatic nitrogens is 4. The second-order valence-corrected chi connectivity index (χ2v) is 8.03. The van der Waals surface area contributed by atoms with E-state index in [1.54, 1.807) is 36.4 Å². The molecule has 0 bridgehead atoms. The van der Waals surface area contributed by atoms with Crippen LogP contribution in [0, 0.1) is 0 Å². The number of nitrogens with zero attached hydrogens (tertiary/aromatic N) is 4. The Kier molecular flexibility index (Phi) is 5.85. The van der Waals surface area contributed by atoms with Gasteiger partial charge in [0.25, 0.3) is 5.56 Å². The van der Waals surface area contributed by atoms with Gasteiger partial charge in [-0.2, -0.15) is 0 Å². The number of ether oxygens (including phenoxy) is 1. The van der Waals surface area contributed by atoms with Gasteiger partial charge in [0, 0.05) is 5.56 Å². The highest BCUT2D eigenvalue weighted by atomic mass is 16.5. The second-order valence-electron chi connectivity index (χ2n) is 8.03. The highest BCUT2D eigenvalue weighted by Gasteiger charge is 2.21. The molecular weight excluding hydrogens is 444 g/mol. The largest absolute Gasteiger partial charge is 0.497 e. The van der Waals surface area contributed by atoms with Crippen LogP contribution in [0.3, 0.4) is 0 Å². The van der Waals surface area contributed by atoms with Gasteiger partial charge in [-0.15, -0.1) is 0 Å². The summed E-state index contributed by atoms with van der Waals surface area (Å²) in [6.07, 6.45) is 1.43. The normalized spacial score (nSPS) is 11.0. The lowest BCUT2D eigenvalue weighted by Gasteiger charge is -2.13. The Bertz CT molecular complexity index is 1630. The van der Waals surface area contributed by atoms with Crippen LogP contribution in [0.5, 0.6) is 5.75 Å². The quantitative estimate of drug-likeness (QED) is 0.344. The van der Waals surface area contributed by atoms with Crippen molar-refractivity contribution >= 4 is 16.9 Å². The molecule has 0 fully saturated rings. The monoisotopic (exact) mass is 466 g/mol. The number of fused-ring (bicyclic) bond motifs is 1. The molecule has 5 aromatic rings. The zero-order valence-corrected chi connectivity index (χ0v) is 19.0. The summed E-state index contributed by atoms with van der Waals surface area (Å²) in [5.41, 5.74) is 1.22. The van der Waals surface area contributed by atoms with Crippen LogP contribution in [0.2, 0.25) is 0 Å². The first-order valence-electron chi connectivity index (χ1n) is 11.0. The molecule has 0 aliphatic carbocycles. The van der Waals surface area contributed by atoms with Gasteiger partial charge in [0.2, 0.25) is 0 Å². The van der Waals surface area contributed by atoms with Gasteiger partial charge in [-0.05, 0) is 29.8 Å².